The summed E-state index contributed by atoms with van der Waals surface area (Å²) in [6.45, 7) is 8.72. The molecule has 1 aromatic heterocycles. The molecule has 14 heavy (non-hydrogen) atoms. The van der Waals surface area contributed by atoms with Gasteiger partial charge < -0.3 is 0 Å². The molecule has 5 heteroatoms. The number of azide groups is 1. The van der Waals surface area contributed by atoms with E-state index in [0.717, 1.165) is 23.5 Å². The molecule has 0 spiro atoms. The number of nitrogens with zero attached hydrogens (tertiary/aromatic N) is 5. The topological polar surface area (TPSA) is 66.6 Å². The molecule has 0 amide bonds. The lowest BCUT2D eigenvalue weighted by Crippen LogP contribution is -2.00. The van der Waals surface area contributed by atoms with Crippen molar-refractivity contribution in [2.75, 3.05) is 0 Å². The molecule has 0 aromatic carbocycles. The van der Waals surface area contributed by atoms with Gasteiger partial charge in [0.25, 0.3) is 0 Å². The Hall–Kier alpha value is -1.48. The highest BCUT2D eigenvalue weighted by atomic mass is 15.3. The molecule has 0 fully saturated rings. The number of aromatic nitrogens is 2. The van der Waals surface area contributed by atoms with Crippen molar-refractivity contribution in [1.29, 1.82) is 0 Å². The fourth-order valence-electron chi connectivity index (χ4n) is 1.76. The maximum absolute atomic E-state index is 8.37. The van der Waals surface area contributed by atoms with Gasteiger partial charge in [0.2, 0.25) is 0 Å². The average Bonchev–Trinajstić information content (AvgIpc) is 2.41. The number of hydrogen-bond acceptors (Lipinski definition) is 2. The minimum absolute atomic E-state index is 0.139. The Morgan fingerprint density at radius 1 is 1.57 bits per heavy atom. The van der Waals surface area contributed by atoms with Gasteiger partial charge in [-0.25, -0.2) is 0 Å². The summed E-state index contributed by atoms with van der Waals surface area (Å²) in [5.74, 6) is 0. The maximum atomic E-state index is 8.37. The Labute approximate surface area is 83.4 Å². The van der Waals surface area contributed by atoms with Crippen LogP contribution in [0.25, 0.3) is 10.4 Å². The zero-order chi connectivity index (χ0) is 10.7. The molecular weight excluding hydrogens is 178 g/mol. The highest BCUT2D eigenvalue weighted by Gasteiger charge is 2.15. The quantitative estimate of drug-likeness (QED) is 0.413. The normalized spacial score (nSPS) is 12.3. The lowest BCUT2D eigenvalue weighted by Gasteiger charge is -2.05. The van der Waals surface area contributed by atoms with Crippen molar-refractivity contribution >= 4 is 0 Å². The molecule has 0 aliphatic carbocycles. The molecule has 0 unspecified atom stereocenters. The molecule has 76 valence electrons. The van der Waals surface area contributed by atoms with E-state index in [9.17, 15) is 0 Å². The smallest absolute Gasteiger partial charge is 0.0633 e. The standard InChI is InChI=1S/C9H15N5/c1-5-14-8(4)9(7(3)12-14)6(2)11-13-10/h6H,5H2,1-4H3/t6-/m0/s1. The van der Waals surface area contributed by atoms with Gasteiger partial charge in [-0.05, 0) is 26.3 Å². The summed E-state index contributed by atoms with van der Waals surface area (Å²) in [6, 6.07) is -0.139. The van der Waals surface area contributed by atoms with Crippen LogP contribution in [0.2, 0.25) is 0 Å². The fraction of sp³-hybridized carbons (Fsp3) is 0.667. The van der Waals surface area contributed by atoms with Crippen molar-refractivity contribution < 1.29 is 0 Å². The lowest BCUT2D eigenvalue weighted by atomic mass is 10.1. The van der Waals surface area contributed by atoms with E-state index in [0.29, 0.717) is 0 Å². The van der Waals surface area contributed by atoms with Gasteiger partial charge in [0.15, 0.2) is 0 Å². The summed E-state index contributed by atoms with van der Waals surface area (Å²) in [4.78, 5) is 2.82. The molecule has 0 aliphatic rings. The Kier molecular flexibility index (Phi) is 3.14. The SMILES string of the molecule is CCn1nc(C)c([C@H](C)N=[N+]=[N-])c1C. The van der Waals surface area contributed by atoms with Crippen LogP contribution in [-0.2, 0) is 6.54 Å². The van der Waals surface area contributed by atoms with Crippen LogP contribution in [0.3, 0.4) is 0 Å². The van der Waals surface area contributed by atoms with Crippen LogP contribution in [0.5, 0.6) is 0 Å². The molecule has 0 bridgehead atoms. The van der Waals surface area contributed by atoms with Gasteiger partial charge in [0.05, 0.1) is 11.7 Å². The van der Waals surface area contributed by atoms with E-state index in [1.165, 1.54) is 0 Å². The molecule has 0 aliphatic heterocycles. The van der Waals surface area contributed by atoms with Crippen LogP contribution in [0.1, 0.15) is 36.8 Å². The average molecular weight is 193 g/mol. The first-order valence-electron chi connectivity index (χ1n) is 4.69. The minimum atomic E-state index is -0.139. The summed E-state index contributed by atoms with van der Waals surface area (Å²) in [7, 11) is 0. The van der Waals surface area contributed by atoms with Crippen LogP contribution in [0, 0.1) is 13.8 Å². The monoisotopic (exact) mass is 193 g/mol. The predicted molar refractivity (Wildman–Crippen MR) is 54.9 cm³/mol. The molecule has 0 N–H and O–H groups in total. The van der Waals surface area contributed by atoms with Gasteiger partial charge in [-0.3, -0.25) is 4.68 Å². The minimum Gasteiger partial charge on any atom is -0.270 e. The molecule has 1 rings (SSSR count). The molecule has 0 saturated heterocycles. The zero-order valence-corrected chi connectivity index (χ0v) is 9.02. The van der Waals surface area contributed by atoms with E-state index in [1.54, 1.807) is 0 Å². The molecular formula is C9H15N5. The predicted octanol–water partition coefficient (Wildman–Crippen LogP) is 2.89. The summed E-state index contributed by atoms with van der Waals surface area (Å²) >= 11 is 0. The first-order chi connectivity index (χ1) is 6.61. The van der Waals surface area contributed by atoms with Gasteiger partial charge in [0, 0.05) is 22.7 Å². The molecule has 1 aromatic rings. The van der Waals surface area contributed by atoms with Crippen molar-refractivity contribution in [3.63, 3.8) is 0 Å². The first-order valence-corrected chi connectivity index (χ1v) is 4.69. The third kappa shape index (κ3) is 1.72. The Balaban J connectivity index is 3.19. The number of rotatable bonds is 3. The molecule has 1 heterocycles. The van der Waals surface area contributed by atoms with E-state index >= 15 is 0 Å². The van der Waals surface area contributed by atoms with Crippen molar-refractivity contribution in [2.24, 2.45) is 5.11 Å². The summed E-state index contributed by atoms with van der Waals surface area (Å²) in [5, 5.41) is 8.06. The summed E-state index contributed by atoms with van der Waals surface area (Å²) in [6.07, 6.45) is 0. The highest BCUT2D eigenvalue weighted by Crippen LogP contribution is 2.24. The van der Waals surface area contributed by atoms with Crippen molar-refractivity contribution in [3.8, 4) is 0 Å². The van der Waals surface area contributed by atoms with Crippen molar-refractivity contribution in [2.45, 2.75) is 40.3 Å². The Morgan fingerprint density at radius 3 is 2.64 bits per heavy atom. The van der Waals surface area contributed by atoms with E-state index < -0.39 is 0 Å². The number of aryl methyl sites for hydroxylation is 2. The van der Waals surface area contributed by atoms with Gasteiger partial charge in [-0.15, -0.1) is 0 Å². The van der Waals surface area contributed by atoms with Crippen LogP contribution >= 0.6 is 0 Å². The summed E-state index contributed by atoms with van der Waals surface area (Å²) < 4.78 is 1.92. The third-order valence-electron chi connectivity index (χ3n) is 2.38. The Bertz CT molecular complexity index is 373. The van der Waals surface area contributed by atoms with Crippen LogP contribution in [0.15, 0.2) is 5.11 Å². The van der Waals surface area contributed by atoms with Crippen LogP contribution in [-0.4, -0.2) is 9.78 Å². The molecule has 0 saturated carbocycles. The second kappa shape index (κ2) is 4.15. The molecule has 0 radical (unpaired) electrons. The van der Waals surface area contributed by atoms with E-state index in [-0.39, 0.29) is 6.04 Å². The van der Waals surface area contributed by atoms with E-state index in [4.69, 9.17) is 5.53 Å². The Morgan fingerprint density at radius 2 is 2.21 bits per heavy atom. The second-order valence-corrected chi connectivity index (χ2v) is 3.28. The lowest BCUT2D eigenvalue weighted by molar-refractivity contribution is 0.632. The molecule has 1 atom stereocenters. The van der Waals surface area contributed by atoms with Gasteiger partial charge >= 0.3 is 0 Å². The molecule has 5 nitrogen and oxygen atoms in total. The van der Waals surface area contributed by atoms with Crippen molar-refractivity contribution in [1.82, 2.24) is 9.78 Å². The second-order valence-electron chi connectivity index (χ2n) is 3.28. The van der Waals surface area contributed by atoms with Crippen LogP contribution in [0.4, 0.5) is 0 Å². The van der Waals surface area contributed by atoms with Crippen molar-refractivity contribution in [3.05, 3.63) is 27.4 Å². The van der Waals surface area contributed by atoms with E-state index in [2.05, 4.69) is 15.1 Å². The van der Waals surface area contributed by atoms with Gasteiger partial charge in [-0.2, -0.15) is 5.10 Å². The third-order valence-corrected chi connectivity index (χ3v) is 2.38. The largest absolute Gasteiger partial charge is 0.270 e. The summed E-state index contributed by atoms with van der Waals surface area (Å²) in [5.41, 5.74) is 11.5. The first kappa shape index (κ1) is 10.6. The van der Waals surface area contributed by atoms with Gasteiger partial charge in [-0.1, -0.05) is 12.0 Å². The van der Waals surface area contributed by atoms with Gasteiger partial charge in [0.1, 0.15) is 0 Å². The maximum Gasteiger partial charge on any atom is 0.0633 e. The highest BCUT2D eigenvalue weighted by molar-refractivity contribution is 5.27. The van der Waals surface area contributed by atoms with E-state index in [1.807, 2.05) is 32.4 Å². The van der Waals surface area contributed by atoms with Crippen LogP contribution < -0.4 is 0 Å². The zero-order valence-electron chi connectivity index (χ0n) is 9.02. The fourth-order valence-corrected chi connectivity index (χ4v) is 1.76. The number of hydrogen-bond donors (Lipinski definition) is 0.